The third-order valence-corrected chi connectivity index (χ3v) is 5.34. The van der Waals surface area contributed by atoms with Crippen molar-refractivity contribution in [2.45, 2.75) is 51.1 Å². The lowest BCUT2D eigenvalue weighted by Crippen LogP contribution is -2.53. The van der Waals surface area contributed by atoms with Gasteiger partial charge in [0.15, 0.2) is 0 Å². The number of amidine groups is 1. The zero-order valence-corrected chi connectivity index (χ0v) is 15.7. The van der Waals surface area contributed by atoms with Gasteiger partial charge in [-0.3, -0.25) is 0 Å². The lowest BCUT2D eigenvalue weighted by Gasteiger charge is -2.41. The predicted molar refractivity (Wildman–Crippen MR) is 104 cm³/mol. The normalized spacial score (nSPS) is 23.7. The molecular weight excluding hydrogens is 310 g/mol. The maximum Gasteiger partial charge on any atom is 0.116 e. The summed E-state index contributed by atoms with van der Waals surface area (Å²) in [4.78, 5) is 8.94. The summed E-state index contributed by atoms with van der Waals surface area (Å²) in [6.45, 7) is 15.9. The first-order chi connectivity index (χ1) is 12.0. The summed E-state index contributed by atoms with van der Waals surface area (Å²) in [5.41, 5.74) is 1.15. The van der Waals surface area contributed by atoms with Crippen LogP contribution in [0.25, 0.3) is 0 Å². The largest absolute Gasteiger partial charge is 0.360 e. The van der Waals surface area contributed by atoms with Crippen molar-refractivity contribution in [2.75, 3.05) is 26.2 Å². The molecule has 2 fully saturated rings. The second-order valence-corrected chi connectivity index (χ2v) is 7.20. The number of rotatable bonds is 6. The van der Waals surface area contributed by atoms with Crippen LogP contribution in [0.3, 0.4) is 0 Å². The zero-order chi connectivity index (χ0) is 18.3. The maximum absolute atomic E-state index is 9.23. The van der Waals surface area contributed by atoms with E-state index in [1.54, 1.807) is 12.3 Å². The molecule has 2 saturated heterocycles. The standard InChI is InChI=1S/C20H31N5/c1-5-6-11-22-18(3)24-13-9-20(4,10-14-24)23-16-17(2)25-12-7-8-19(25)15-21/h5-6,11,19,23H,1-2,7-10,12-14,16H2,3-4H3/b11-6-,22-18?. The molecule has 0 radical (unpaired) electrons. The average molecular weight is 342 g/mol. The topological polar surface area (TPSA) is 54.7 Å². The molecule has 0 amide bonds. The van der Waals surface area contributed by atoms with E-state index in [9.17, 15) is 5.26 Å². The van der Waals surface area contributed by atoms with E-state index >= 15 is 0 Å². The molecule has 25 heavy (non-hydrogen) atoms. The second kappa shape index (κ2) is 8.87. The fraction of sp³-hybridized carbons (Fsp3) is 0.600. The first-order valence-corrected chi connectivity index (χ1v) is 9.15. The molecule has 1 unspecified atom stereocenters. The maximum atomic E-state index is 9.23. The third kappa shape index (κ3) is 5.20. The van der Waals surface area contributed by atoms with E-state index in [-0.39, 0.29) is 11.6 Å². The second-order valence-electron chi connectivity index (χ2n) is 7.20. The molecule has 5 heteroatoms. The Morgan fingerprint density at radius 2 is 2.12 bits per heavy atom. The van der Waals surface area contributed by atoms with Gasteiger partial charge in [0, 0.05) is 43.6 Å². The molecular formula is C20H31N5. The van der Waals surface area contributed by atoms with Crippen molar-refractivity contribution in [3.8, 4) is 6.07 Å². The summed E-state index contributed by atoms with van der Waals surface area (Å²) in [5.74, 6) is 1.05. The average Bonchev–Trinajstić information content (AvgIpc) is 3.09. The van der Waals surface area contributed by atoms with Crippen LogP contribution >= 0.6 is 0 Å². The van der Waals surface area contributed by atoms with Crippen LogP contribution in [0.15, 0.2) is 42.2 Å². The highest BCUT2D eigenvalue weighted by molar-refractivity contribution is 5.80. The van der Waals surface area contributed by atoms with Crippen LogP contribution in [0.2, 0.25) is 0 Å². The minimum atomic E-state index is 0.00596. The number of nitriles is 1. The van der Waals surface area contributed by atoms with Crippen molar-refractivity contribution in [1.29, 1.82) is 5.26 Å². The van der Waals surface area contributed by atoms with E-state index in [4.69, 9.17) is 0 Å². The Bertz CT molecular complexity index is 575. The molecule has 0 aromatic rings. The first kappa shape index (κ1) is 19.3. The van der Waals surface area contributed by atoms with Crippen molar-refractivity contribution < 1.29 is 0 Å². The van der Waals surface area contributed by atoms with Crippen molar-refractivity contribution >= 4 is 5.84 Å². The summed E-state index contributed by atoms with van der Waals surface area (Å²) in [5, 5.41) is 12.9. The van der Waals surface area contributed by atoms with Crippen LogP contribution in [0.5, 0.6) is 0 Å². The van der Waals surface area contributed by atoms with Crippen LogP contribution < -0.4 is 5.32 Å². The molecule has 0 bridgehead atoms. The van der Waals surface area contributed by atoms with E-state index in [0.717, 1.165) is 63.4 Å². The third-order valence-electron chi connectivity index (χ3n) is 5.34. The van der Waals surface area contributed by atoms with E-state index in [0.29, 0.717) is 0 Å². The Morgan fingerprint density at radius 3 is 2.76 bits per heavy atom. The molecule has 0 aromatic carbocycles. The molecule has 2 heterocycles. The molecule has 136 valence electrons. The Morgan fingerprint density at radius 1 is 1.40 bits per heavy atom. The van der Waals surface area contributed by atoms with Gasteiger partial charge < -0.3 is 15.1 Å². The lowest BCUT2D eigenvalue weighted by molar-refractivity contribution is 0.200. The van der Waals surface area contributed by atoms with Crippen molar-refractivity contribution in [1.82, 2.24) is 15.1 Å². The van der Waals surface area contributed by atoms with Gasteiger partial charge in [0.05, 0.1) is 6.07 Å². The molecule has 2 aliphatic rings. The molecule has 1 N–H and O–H groups in total. The minimum Gasteiger partial charge on any atom is -0.360 e. The van der Waals surface area contributed by atoms with Gasteiger partial charge in [-0.05, 0) is 45.6 Å². The van der Waals surface area contributed by atoms with Crippen molar-refractivity contribution in [3.63, 3.8) is 0 Å². The van der Waals surface area contributed by atoms with Crippen molar-refractivity contribution in [3.05, 3.63) is 37.2 Å². The van der Waals surface area contributed by atoms with Crippen LogP contribution in [0, 0.1) is 11.3 Å². The van der Waals surface area contributed by atoms with Crippen LogP contribution in [0.4, 0.5) is 0 Å². The molecule has 2 aliphatic heterocycles. The van der Waals surface area contributed by atoms with Gasteiger partial charge in [0.1, 0.15) is 11.9 Å². The van der Waals surface area contributed by atoms with Crippen LogP contribution in [0.1, 0.15) is 39.5 Å². The smallest absolute Gasteiger partial charge is 0.116 e. The molecule has 0 spiro atoms. The van der Waals surface area contributed by atoms with E-state index in [1.165, 1.54) is 0 Å². The highest BCUT2D eigenvalue weighted by atomic mass is 15.2. The van der Waals surface area contributed by atoms with E-state index < -0.39 is 0 Å². The number of nitrogens with zero attached hydrogens (tertiary/aromatic N) is 4. The number of piperidine rings is 1. The molecule has 0 aliphatic carbocycles. The van der Waals surface area contributed by atoms with Crippen molar-refractivity contribution in [2.24, 2.45) is 4.99 Å². The number of hydrogen-bond donors (Lipinski definition) is 1. The SMILES string of the molecule is C=C/C=C\N=C(C)N1CCC(C)(NCC(=C)N2CCCC2C#N)CC1. The van der Waals surface area contributed by atoms with Crippen LogP contribution in [-0.4, -0.2) is 53.4 Å². The first-order valence-electron chi connectivity index (χ1n) is 9.15. The summed E-state index contributed by atoms with van der Waals surface area (Å²) in [6, 6.07) is 2.39. The van der Waals surface area contributed by atoms with Gasteiger partial charge in [-0.15, -0.1) is 0 Å². The quantitative estimate of drug-likeness (QED) is 0.458. The number of hydrogen-bond acceptors (Lipinski definition) is 4. The highest BCUT2D eigenvalue weighted by Crippen LogP contribution is 2.24. The minimum absolute atomic E-state index is 0.00596. The molecule has 0 aromatic heterocycles. The Hall–Kier alpha value is -2.06. The predicted octanol–water partition coefficient (Wildman–Crippen LogP) is 3.05. The Labute approximate surface area is 152 Å². The zero-order valence-electron chi connectivity index (χ0n) is 15.7. The molecule has 1 atom stereocenters. The highest BCUT2D eigenvalue weighted by Gasteiger charge is 2.31. The molecule has 5 nitrogen and oxygen atoms in total. The number of likely N-dealkylation sites (tertiary alicyclic amines) is 2. The summed E-state index contributed by atoms with van der Waals surface area (Å²) in [6.07, 6.45) is 9.55. The van der Waals surface area contributed by atoms with Gasteiger partial charge in [0.25, 0.3) is 0 Å². The summed E-state index contributed by atoms with van der Waals surface area (Å²) in [7, 11) is 0. The Balaban J connectivity index is 1.81. The van der Waals surface area contributed by atoms with E-state index in [2.05, 4.69) is 53.2 Å². The molecule has 2 rings (SSSR count). The fourth-order valence-electron chi connectivity index (χ4n) is 3.49. The summed E-state index contributed by atoms with van der Waals surface area (Å²) < 4.78 is 0. The Kier molecular flexibility index (Phi) is 6.83. The summed E-state index contributed by atoms with van der Waals surface area (Å²) >= 11 is 0. The van der Waals surface area contributed by atoms with E-state index in [1.807, 2.05) is 6.08 Å². The fourth-order valence-corrected chi connectivity index (χ4v) is 3.49. The number of allylic oxidation sites excluding steroid dienone is 2. The number of aliphatic imine (C=N–C) groups is 1. The monoisotopic (exact) mass is 341 g/mol. The number of nitrogens with one attached hydrogen (secondary N) is 1. The van der Waals surface area contributed by atoms with Crippen LogP contribution in [-0.2, 0) is 0 Å². The van der Waals surface area contributed by atoms with Gasteiger partial charge >= 0.3 is 0 Å². The molecule has 0 saturated carbocycles. The van der Waals surface area contributed by atoms with Gasteiger partial charge in [-0.25, -0.2) is 4.99 Å². The van der Waals surface area contributed by atoms with Gasteiger partial charge in [0.2, 0.25) is 0 Å². The van der Waals surface area contributed by atoms with Gasteiger partial charge in [-0.2, -0.15) is 5.26 Å². The lowest BCUT2D eigenvalue weighted by atomic mass is 9.89. The van der Waals surface area contributed by atoms with Gasteiger partial charge in [-0.1, -0.05) is 19.2 Å².